The maximum Gasteiger partial charge on any atom is 0.338 e. The highest BCUT2D eigenvalue weighted by atomic mass is 35.5. The lowest BCUT2D eigenvalue weighted by Crippen LogP contribution is -2.39. The normalized spacial score (nSPS) is 14.9. The number of rotatable bonds is 7. The highest BCUT2D eigenvalue weighted by Gasteiger charge is 2.33. The quantitative estimate of drug-likeness (QED) is 0.211. The number of thiazole rings is 1. The largest absolute Gasteiger partial charge is 0.489 e. The first-order valence-electron chi connectivity index (χ1n) is 13.6. The molecule has 0 N–H and O–H groups in total. The first-order valence-corrected chi connectivity index (χ1v) is 14.8. The van der Waals surface area contributed by atoms with Crippen LogP contribution < -0.4 is 19.6 Å². The SMILES string of the molecule is CCOC(=O)C1=C(C)N=c2sc(=Cc3cccc(OCc4cccc5ccccc45)c3)c(=O)n2C1c1ccc(Cl)cc1. The van der Waals surface area contributed by atoms with Crippen LogP contribution in [-0.4, -0.2) is 17.1 Å². The predicted molar refractivity (Wildman–Crippen MR) is 167 cm³/mol. The number of carbonyl (C=O) groups is 1. The molecule has 210 valence electrons. The third-order valence-electron chi connectivity index (χ3n) is 7.13. The lowest BCUT2D eigenvalue weighted by atomic mass is 9.96. The summed E-state index contributed by atoms with van der Waals surface area (Å²) in [5.41, 5.74) is 3.28. The standard InChI is InChI=1S/C34H27ClN2O4S/c1-3-40-33(39)30-21(2)36-34-37(31(30)24-14-16-26(35)17-15-24)32(38)29(42-34)19-22-8-6-12-27(18-22)41-20-25-11-7-10-23-9-4-5-13-28(23)25/h4-19,31H,3,20H2,1-2H3. The Bertz CT molecular complexity index is 2020. The molecule has 0 radical (unpaired) electrons. The maximum absolute atomic E-state index is 13.9. The molecule has 0 amide bonds. The highest BCUT2D eigenvalue weighted by Crippen LogP contribution is 2.31. The van der Waals surface area contributed by atoms with Gasteiger partial charge in [-0.25, -0.2) is 9.79 Å². The first-order chi connectivity index (χ1) is 20.4. The Hall–Kier alpha value is -4.46. The van der Waals surface area contributed by atoms with Crippen molar-refractivity contribution in [1.29, 1.82) is 0 Å². The van der Waals surface area contributed by atoms with Gasteiger partial charge in [-0.1, -0.05) is 89.7 Å². The van der Waals surface area contributed by atoms with Crippen molar-refractivity contribution in [2.24, 2.45) is 4.99 Å². The summed E-state index contributed by atoms with van der Waals surface area (Å²) in [5.74, 6) is 0.202. The van der Waals surface area contributed by atoms with Crippen molar-refractivity contribution in [3.8, 4) is 5.75 Å². The van der Waals surface area contributed by atoms with E-state index >= 15 is 0 Å². The van der Waals surface area contributed by atoms with Gasteiger partial charge in [0.05, 0.1) is 28.5 Å². The summed E-state index contributed by atoms with van der Waals surface area (Å²) >= 11 is 7.43. The Labute approximate surface area is 251 Å². The molecule has 0 aliphatic carbocycles. The zero-order valence-corrected chi connectivity index (χ0v) is 24.6. The Morgan fingerprint density at radius 1 is 1.02 bits per heavy atom. The second-order valence-electron chi connectivity index (χ2n) is 9.85. The van der Waals surface area contributed by atoms with E-state index in [4.69, 9.17) is 21.1 Å². The molecule has 0 fully saturated rings. The van der Waals surface area contributed by atoms with Crippen LogP contribution in [0.2, 0.25) is 5.02 Å². The summed E-state index contributed by atoms with van der Waals surface area (Å²) in [4.78, 5) is 32.1. The Morgan fingerprint density at radius 2 is 1.79 bits per heavy atom. The Morgan fingerprint density at radius 3 is 2.60 bits per heavy atom. The maximum atomic E-state index is 13.9. The summed E-state index contributed by atoms with van der Waals surface area (Å²) < 4.78 is 13.6. The third kappa shape index (κ3) is 5.41. The highest BCUT2D eigenvalue weighted by molar-refractivity contribution is 7.07. The molecule has 5 aromatic rings. The van der Waals surface area contributed by atoms with Gasteiger partial charge in [0.15, 0.2) is 4.80 Å². The average Bonchev–Trinajstić information content (AvgIpc) is 3.29. The molecule has 0 saturated carbocycles. The molecule has 42 heavy (non-hydrogen) atoms. The third-order valence-corrected chi connectivity index (χ3v) is 8.37. The van der Waals surface area contributed by atoms with Crippen molar-refractivity contribution < 1.29 is 14.3 Å². The molecule has 8 heteroatoms. The molecule has 1 aliphatic heterocycles. The molecule has 6 rings (SSSR count). The van der Waals surface area contributed by atoms with Gasteiger partial charge in [-0.3, -0.25) is 9.36 Å². The minimum atomic E-state index is -0.685. The second-order valence-corrected chi connectivity index (χ2v) is 11.3. The topological polar surface area (TPSA) is 69.9 Å². The molecule has 1 aliphatic rings. The van der Waals surface area contributed by atoms with Crippen LogP contribution in [0.15, 0.2) is 112 Å². The fourth-order valence-corrected chi connectivity index (χ4v) is 6.35. The van der Waals surface area contributed by atoms with E-state index in [9.17, 15) is 9.59 Å². The van der Waals surface area contributed by atoms with E-state index < -0.39 is 12.0 Å². The van der Waals surface area contributed by atoms with Crippen molar-refractivity contribution in [1.82, 2.24) is 4.57 Å². The van der Waals surface area contributed by atoms with Gasteiger partial charge in [-0.05, 0) is 71.7 Å². The van der Waals surface area contributed by atoms with Gasteiger partial charge in [0.25, 0.3) is 5.56 Å². The van der Waals surface area contributed by atoms with Gasteiger partial charge >= 0.3 is 5.97 Å². The van der Waals surface area contributed by atoms with Gasteiger partial charge in [0.2, 0.25) is 0 Å². The summed E-state index contributed by atoms with van der Waals surface area (Å²) in [6.45, 7) is 4.15. The van der Waals surface area contributed by atoms with Gasteiger partial charge < -0.3 is 9.47 Å². The van der Waals surface area contributed by atoms with Crippen LogP contribution in [0.5, 0.6) is 5.75 Å². The number of halogens is 1. The van der Waals surface area contributed by atoms with Crippen LogP contribution in [0.1, 0.15) is 36.6 Å². The lowest BCUT2D eigenvalue weighted by Gasteiger charge is -2.24. The fraction of sp³-hybridized carbons (Fsp3) is 0.147. The van der Waals surface area contributed by atoms with E-state index in [2.05, 4.69) is 29.3 Å². The zero-order valence-electron chi connectivity index (χ0n) is 23.0. The van der Waals surface area contributed by atoms with Crippen molar-refractivity contribution in [3.05, 3.63) is 144 Å². The van der Waals surface area contributed by atoms with E-state index in [0.717, 1.165) is 22.1 Å². The number of nitrogens with zero attached hydrogens (tertiary/aromatic N) is 2. The molecule has 0 saturated heterocycles. The number of carbonyl (C=O) groups excluding carboxylic acids is 1. The summed E-state index contributed by atoms with van der Waals surface area (Å²) in [7, 11) is 0. The van der Waals surface area contributed by atoms with Crippen LogP contribution in [0.25, 0.3) is 16.8 Å². The van der Waals surface area contributed by atoms with Crippen molar-refractivity contribution in [3.63, 3.8) is 0 Å². The summed E-state index contributed by atoms with van der Waals surface area (Å²) in [5, 5.41) is 2.89. The minimum absolute atomic E-state index is 0.215. The number of hydrogen-bond acceptors (Lipinski definition) is 6. The van der Waals surface area contributed by atoms with Crippen molar-refractivity contribution >= 4 is 45.8 Å². The summed E-state index contributed by atoms with van der Waals surface area (Å²) in [6.07, 6.45) is 1.83. The Balaban J connectivity index is 1.36. The van der Waals surface area contributed by atoms with E-state index in [1.165, 1.54) is 16.7 Å². The van der Waals surface area contributed by atoms with Crippen molar-refractivity contribution in [2.45, 2.75) is 26.5 Å². The number of aromatic nitrogens is 1. The molecule has 2 heterocycles. The Kier molecular flexibility index (Phi) is 7.78. The fourth-order valence-electron chi connectivity index (χ4n) is 5.18. The second kappa shape index (κ2) is 11.8. The molecule has 0 bridgehead atoms. The van der Waals surface area contributed by atoms with E-state index in [0.29, 0.717) is 38.0 Å². The molecular formula is C34H27ClN2O4S. The minimum Gasteiger partial charge on any atom is -0.489 e. The van der Waals surface area contributed by atoms with E-state index in [1.807, 2.05) is 60.7 Å². The van der Waals surface area contributed by atoms with Gasteiger partial charge in [0.1, 0.15) is 12.4 Å². The van der Waals surface area contributed by atoms with Crippen LogP contribution in [-0.2, 0) is 16.1 Å². The molecule has 1 atom stereocenters. The van der Waals surface area contributed by atoms with Gasteiger partial charge in [-0.2, -0.15) is 0 Å². The molecule has 0 spiro atoms. The number of fused-ring (bicyclic) bond motifs is 2. The molecular weight excluding hydrogens is 568 g/mol. The van der Waals surface area contributed by atoms with Crippen LogP contribution in [0.4, 0.5) is 0 Å². The van der Waals surface area contributed by atoms with Crippen LogP contribution in [0, 0.1) is 0 Å². The average molecular weight is 595 g/mol. The number of benzene rings is 4. The number of ether oxygens (including phenoxy) is 2. The smallest absolute Gasteiger partial charge is 0.338 e. The van der Waals surface area contributed by atoms with Crippen molar-refractivity contribution in [2.75, 3.05) is 6.61 Å². The zero-order chi connectivity index (χ0) is 29.2. The molecule has 6 nitrogen and oxygen atoms in total. The van der Waals surface area contributed by atoms with Crippen LogP contribution in [0.3, 0.4) is 0 Å². The number of allylic oxidation sites excluding steroid dienone is 1. The van der Waals surface area contributed by atoms with Gasteiger partial charge in [-0.15, -0.1) is 0 Å². The predicted octanol–water partition coefficient (Wildman–Crippen LogP) is 6.18. The number of esters is 1. The summed E-state index contributed by atoms with van der Waals surface area (Å²) in [6, 6.07) is 28.5. The number of hydrogen-bond donors (Lipinski definition) is 0. The van der Waals surface area contributed by atoms with Gasteiger partial charge in [0, 0.05) is 5.02 Å². The monoisotopic (exact) mass is 594 g/mol. The van der Waals surface area contributed by atoms with Crippen LogP contribution >= 0.6 is 22.9 Å². The molecule has 4 aromatic carbocycles. The molecule has 1 aromatic heterocycles. The first kappa shape index (κ1) is 27.7. The molecule has 1 unspecified atom stereocenters. The van der Waals surface area contributed by atoms with E-state index in [-0.39, 0.29) is 12.2 Å². The lowest BCUT2D eigenvalue weighted by molar-refractivity contribution is -0.139. The van der Waals surface area contributed by atoms with E-state index in [1.54, 1.807) is 30.5 Å².